The Morgan fingerprint density at radius 3 is 2.67 bits per heavy atom. The second kappa shape index (κ2) is 7.38. The Morgan fingerprint density at radius 1 is 1.38 bits per heavy atom. The van der Waals surface area contributed by atoms with E-state index in [1.807, 2.05) is 17.0 Å². The number of carboxylic acids is 1. The van der Waals surface area contributed by atoms with Crippen molar-refractivity contribution in [1.82, 2.24) is 19.6 Å². The van der Waals surface area contributed by atoms with Gasteiger partial charge in [-0.25, -0.2) is 0 Å². The zero-order valence-electron chi connectivity index (χ0n) is 12.7. The largest absolute Gasteiger partial charge is 0.481 e. The molecule has 0 atom stereocenters. The molecule has 1 aromatic rings. The molecule has 6 heteroatoms. The standard InChI is InChI=1S/C15H24N4O2/c1-3-5-19-13(2)14(11-16-19)12-18-9-7-17(8-10-18)6-4-15(20)21/h3,11H,1,4-10,12H2,2H3,(H,20,21). The van der Waals surface area contributed by atoms with Crippen molar-refractivity contribution >= 4 is 5.97 Å². The predicted octanol–water partition coefficient (Wildman–Crippen LogP) is 0.970. The van der Waals surface area contributed by atoms with E-state index in [9.17, 15) is 4.79 Å². The fourth-order valence-electron chi connectivity index (χ4n) is 2.61. The lowest BCUT2D eigenvalue weighted by molar-refractivity contribution is -0.137. The van der Waals surface area contributed by atoms with Crippen molar-refractivity contribution in [3.05, 3.63) is 30.1 Å². The van der Waals surface area contributed by atoms with Crippen molar-refractivity contribution in [1.29, 1.82) is 0 Å². The van der Waals surface area contributed by atoms with Gasteiger partial charge in [-0.15, -0.1) is 6.58 Å². The monoisotopic (exact) mass is 292 g/mol. The number of hydrogen-bond donors (Lipinski definition) is 1. The Morgan fingerprint density at radius 2 is 2.05 bits per heavy atom. The van der Waals surface area contributed by atoms with Gasteiger partial charge in [-0.3, -0.25) is 14.4 Å². The predicted molar refractivity (Wildman–Crippen MR) is 81.1 cm³/mol. The first-order valence-electron chi connectivity index (χ1n) is 7.39. The van der Waals surface area contributed by atoms with Crippen LogP contribution in [-0.2, 0) is 17.9 Å². The summed E-state index contributed by atoms with van der Waals surface area (Å²) in [7, 11) is 0. The summed E-state index contributed by atoms with van der Waals surface area (Å²) in [5.41, 5.74) is 2.46. The lowest BCUT2D eigenvalue weighted by Gasteiger charge is -2.34. The molecule has 1 aromatic heterocycles. The number of rotatable bonds is 7. The number of nitrogens with zero attached hydrogens (tertiary/aromatic N) is 4. The third kappa shape index (κ3) is 4.41. The summed E-state index contributed by atoms with van der Waals surface area (Å²) in [6, 6.07) is 0. The average molecular weight is 292 g/mol. The normalized spacial score (nSPS) is 17.0. The molecular formula is C15H24N4O2. The van der Waals surface area contributed by atoms with Gasteiger partial charge in [0, 0.05) is 50.5 Å². The third-order valence-corrected chi connectivity index (χ3v) is 4.01. The van der Waals surface area contributed by atoms with Gasteiger partial charge in [0.25, 0.3) is 0 Å². The molecule has 1 aliphatic rings. The van der Waals surface area contributed by atoms with Crippen LogP contribution in [-0.4, -0.2) is 63.4 Å². The van der Waals surface area contributed by atoms with E-state index in [2.05, 4.69) is 28.4 Å². The third-order valence-electron chi connectivity index (χ3n) is 4.01. The van der Waals surface area contributed by atoms with Crippen molar-refractivity contribution in [2.24, 2.45) is 0 Å². The van der Waals surface area contributed by atoms with E-state index < -0.39 is 5.97 Å². The van der Waals surface area contributed by atoms with Crippen LogP contribution in [0.25, 0.3) is 0 Å². The van der Waals surface area contributed by atoms with Crippen LogP contribution in [0, 0.1) is 6.92 Å². The maximum absolute atomic E-state index is 10.6. The van der Waals surface area contributed by atoms with E-state index in [4.69, 9.17) is 5.11 Å². The molecule has 0 unspecified atom stereocenters. The van der Waals surface area contributed by atoms with Gasteiger partial charge in [-0.05, 0) is 6.92 Å². The van der Waals surface area contributed by atoms with Crippen LogP contribution in [0.15, 0.2) is 18.9 Å². The number of allylic oxidation sites excluding steroid dienone is 1. The number of aliphatic carboxylic acids is 1. The number of hydrogen-bond acceptors (Lipinski definition) is 4. The first-order chi connectivity index (χ1) is 10.1. The van der Waals surface area contributed by atoms with Crippen LogP contribution < -0.4 is 0 Å². The fraction of sp³-hybridized carbons (Fsp3) is 0.600. The molecule has 2 heterocycles. The van der Waals surface area contributed by atoms with Gasteiger partial charge in [0.1, 0.15) is 0 Å². The molecule has 0 aromatic carbocycles. The highest BCUT2D eigenvalue weighted by molar-refractivity contribution is 5.66. The molecular weight excluding hydrogens is 268 g/mol. The van der Waals surface area contributed by atoms with Gasteiger partial charge in [-0.1, -0.05) is 6.08 Å². The molecule has 0 aliphatic carbocycles. The second-order valence-electron chi connectivity index (χ2n) is 5.49. The van der Waals surface area contributed by atoms with Crippen molar-refractivity contribution in [3.63, 3.8) is 0 Å². The Bertz CT molecular complexity index is 490. The zero-order valence-corrected chi connectivity index (χ0v) is 12.7. The van der Waals surface area contributed by atoms with Crippen molar-refractivity contribution in [2.75, 3.05) is 32.7 Å². The van der Waals surface area contributed by atoms with E-state index in [0.717, 1.165) is 39.3 Å². The maximum Gasteiger partial charge on any atom is 0.304 e. The SMILES string of the molecule is C=CCn1ncc(CN2CCN(CCC(=O)O)CC2)c1C. The van der Waals surface area contributed by atoms with E-state index in [0.29, 0.717) is 6.54 Å². The van der Waals surface area contributed by atoms with Gasteiger partial charge in [0.2, 0.25) is 0 Å². The van der Waals surface area contributed by atoms with Crippen LogP contribution in [0.4, 0.5) is 0 Å². The Balaban J connectivity index is 1.80. The molecule has 6 nitrogen and oxygen atoms in total. The summed E-state index contributed by atoms with van der Waals surface area (Å²) in [6.45, 7) is 12.0. The van der Waals surface area contributed by atoms with Crippen LogP contribution >= 0.6 is 0 Å². The Hall–Kier alpha value is -1.66. The average Bonchev–Trinajstić information content (AvgIpc) is 2.80. The minimum atomic E-state index is -0.720. The summed E-state index contributed by atoms with van der Waals surface area (Å²) in [5, 5.41) is 13.1. The van der Waals surface area contributed by atoms with Gasteiger partial charge >= 0.3 is 5.97 Å². The number of aromatic nitrogens is 2. The molecule has 0 amide bonds. The molecule has 0 bridgehead atoms. The van der Waals surface area contributed by atoms with Gasteiger partial charge in [0.15, 0.2) is 0 Å². The van der Waals surface area contributed by atoms with Crippen LogP contribution in [0.3, 0.4) is 0 Å². The molecule has 1 N–H and O–H groups in total. The van der Waals surface area contributed by atoms with Crippen molar-refractivity contribution < 1.29 is 9.90 Å². The van der Waals surface area contributed by atoms with Crippen LogP contribution in [0.2, 0.25) is 0 Å². The smallest absolute Gasteiger partial charge is 0.304 e. The molecule has 1 saturated heterocycles. The van der Waals surface area contributed by atoms with Gasteiger partial charge in [-0.2, -0.15) is 5.10 Å². The lowest BCUT2D eigenvalue weighted by Crippen LogP contribution is -2.46. The van der Waals surface area contributed by atoms with E-state index in [1.54, 1.807) is 0 Å². The fourth-order valence-corrected chi connectivity index (χ4v) is 2.61. The zero-order chi connectivity index (χ0) is 15.2. The van der Waals surface area contributed by atoms with Crippen molar-refractivity contribution in [2.45, 2.75) is 26.4 Å². The molecule has 0 saturated carbocycles. The minimum Gasteiger partial charge on any atom is -0.481 e. The van der Waals surface area contributed by atoms with E-state index >= 15 is 0 Å². The molecule has 21 heavy (non-hydrogen) atoms. The highest BCUT2D eigenvalue weighted by Gasteiger charge is 2.18. The molecule has 1 fully saturated rings. The van der Waals surface area contributed by atoms with Gasteiger partial charge < -0.3 is 10.0 Å². The number of carboxylic acid groups (broad SMARTS) is 1. The topological polar surface area (TPSA) is 61.6 Å². The number of piperazine rings is 1. The summed E-state index contributed by atoms with van der Waals surface area (Å²) < 4.78 is 1.96. The summed E-state index contributed by atoms with van der Waals surface area (Å²) in [4.78, 5) is 15.2. The van der Waals surface area contributed by atoms with E-state index in [1.165, 1.54) is 11.3 Å². The molecule has 0 radical (unpaired) electrons. The molecule has 2 rings (SSSR count). The van der Waals surface area contributed by atoms with Gasteiger partial charge in [0.05, 0.1) is 19.2 Å². The lowest BCUT2D eigenvalue weighted by atomic mass is 10.2. The molecule has 0 spiro atoms. The number of carbonyl (C=O) groups is 1. The summed E-state index contributed by atoms with van der Waals surface area (Å²) >= 11 is 0. The highest BCUT2D eigenvalue weighted by atomic mass is 16.4. The minimum absolute atomic E-state index is 0.230. The Labute approximate surface area is 125 Å². The molecule has 116 valence electrons. The summed E-state index contributed by atoms with van der Waals surface area (Å²) in [5.74, 6) is -0.720. The first-order valence-corrected chi connectivity index (χ1v) is 7.39. The Kier molecular flexibility index (Phi) is 5.52. The first kappa shape index (κ1) is 15.7. The highest BCUT2D eigenvalue weighted by Crippen LogP contribution is 2.12. The van der Waals surface area contributed by atoms with Crippen molar-refractivity contribution in [3.8, 4) is 0 Å². The van der Waals surface area contributed by atoms with Crippen LogP contribution in [0.1, 0.15) is 17.7 Å². The van der Waals surface area contributed by atoms with Crippen LogP contribution in [0.5, 0.6) is 0 Å². The molecule has 1 aliphatic heterocycles. The second-order valence-corrected chi connectivity index (χ2v) is 5.49. The quantitative estimate of drug-likeness (QED) is 0.759. The maximum atomic E-state index is 10.6. The summed E-state index contributed by atoms with van der Waals surface area (Å²) in [6.07, 6.45) is 4.02. The van der Waals surface area contributed by atoms with E-state index in [-0.39, 0.29) is 6.42 Å².